The molecule has 1 amide bonds. The third kappa shape index (κ3) is 5.47. The number of halogens is 1. The van der Waals surface area contributed by atoms with E-state index in [0.29, 0.717) is 10.6 Å². The Kier molecular flexibility index (Phi) is 8.16. The number of rotatable bonds is 10. The van der Waals surface area contributed by atoms with Crippen molar-refractivity contribution in [2.75, 3.05) is 31.5 Å². The van der Waals surface area contributed by atoms with Gasteiger partial charge in [-0.3, -0.25) is 14.9 Å². The van der Waals surface area contributed by atoms with Crippen molar-refractivity contribution < 1.29 is 18.1 Å². The molecule has 11 heteroatoms. The standard InChI is InChI=1S/C19H23ClN4O5S/c1-3-23(4-2)30(28,29)14-9-10-17(18(13-14)24(26)27)21-11-12-22-19(25)15-7-5-6-8-16(15)20/h5-10,13,21H,3-4,11-12H2,1-2H3,(H,22,25). The number of nitro groups is 1. The number of nitro benzene ring substituents is 1. The van der Waals surface area contributed by atoms with Crippen molar-refractivity contribution in [2.24, 2.45) is 0 Å². The number of hydrogen-bond acceptors (Lipinski definition) is 6. The highest BCUT2D eigenvalue weighted by molar-refractivity contribution is 7.89. The predicted octanol–water partition coefficient (Wildman–Crippen LogP) is 3.12. The van der Waals surface area contributed by atoms with Crippen molar-refractivity contribution in [1.82, 2.24) is 9.62 Å². The van der Waals surface area contributed by atoms with Crippen LogP contribution < -0.4 is 10.6 Å². The third-order valence-electron chi connectivity index (χ3n) is 4.35. The summed E-state index contributed by atoms with van der Waals surface area (Å²) in [6.07, 6.45) is 0. The molecule has 0 aliphatic carbocycles. The van der Waals surface area contributed by atoms with E-state index in [1.807, 2.05) is 0 Å². The lowest BCUT2D eigenvalue weighted by atomic mass is 10.2. The Balaban J connectivity index is 2.08. The van der Waals surface area contributed by atoms with E-state index in [1.165, 1.54) is 16.4 Å². The Morgan fingerprint density at radius 3 is 2.40 bits per heavy atom. The van der Waals surface area contributed by atoms with Gasteiger partial charge in [-0.25, -0.2) is 8.42 Å². The number of carbonyl (C=O) groups excluding carboxylic acids is 1. The number of anilines is 1. The molecule has 0 unspecified atom stereocenters. The molecule has 2 aromatic carbocycles. The highest BCUT2D eigenvalue weighted by Crippen LogP contribution is 2.28. The number of nitrogens with one attached hydrogen (secondary N) is 2. The van der Waals surface area contributed by atoms with Crippen molar-refractivity contribution >= 4 is 38.9 Å². The third-order valence-corrected chi connectivity index (χ3v) is 6.73. The highest BCUT2D eigenvalue weighted by atomic mass is 35.5. The van der Waals surface area contributed by atoms with E-state index >= 15 is 0 Å². The molecule has 2 rings (SSSR count). The van der Waals surface area contributed by atoms with Gasteiger partial charge in [-0.15, -0.1) is 0 Å². The summed E-state index contributed by atoms with van der Waals surface area (Å²) in [4.78, 5) is 22.8. The van der Waals surface area contributed by atoms with Crippen LogP contribution in [0.15, 0.2) is 47.4 Å². The minimum Gasteiger partial charge on any atom is -0.378 e. The molecule has 0 fully saturated rings. The first-order chi connectivity index (χ1) is 14.2. The molecule has 0 bridgehead atoms. The number of hydrogen-bond donors (Lipinski definition) is 2. The summed E-state index contributed by atoms with van der Waals surface area (Å²) < 4.78 is 26.4. The van der Waals surface area contributed by atoms with E-state index in [-0.39, 0.29) is 48.4 Å². The Morgan fingerprint density at radius 2 is 1.80 bits per heavy atom. The van der Waals surface area contributed by atoms with Gasteiger partial charge in [0.25, 0.3) is 11.6 Å². The second-order valence-electron chi connectivity index (χ2n) is 6.19. The van der Waals surface area contributed by atoms with Gasteiger partial charge in [0.05, 0.1) is 20.4 Å². The monoisotopic (exact) mass is 454 g/mol. The van der Waals surface area contributed by atoms with E-state index in [2.05, 4.69) is 10.6 Å². The minimum atomic E-state index is -3.81. The summed E-state index contributed by atoms with van der Waals surface area (Å²) >= 11 is 5.97. The molecule has 0 aliphatic rings. The lowest BCUT2D eigenvalue weighted by Crippen LogP contribution is -2.30. The Hall–Kier alpha value is -2.69. The number of nitrogens with zero attached hydrogens (tertiary/aromatic N) is 2. The molecule has 0 radical (unpaired) electrons. The van der Waals surface area contributed by atoms with Crippen LogP contribution in [-0.2, 0) is 10.0 Å². The first-order valence-corrected chi connectivity index (χ1v) is 11.1. The average molecular weight is 455 g/mol. The number of carbonyl (C=O) groups is 1. The Morgan fingerprint density at radius 1 is 1.13 bits per heavy atom. The Labute approximate surface area is 180 Å². The van der Waals surface area contributed by atoms with Gasteiger partial charge in [0.1, 0.15) is 5.69 Å². The van der Waals surface area contributed by atoms with E-state index in [4.69, 9.17) is 11.6 Å². The molecule has 0 heterocycles. The van der Waals surface area contributed by atoms with E-state index < -0.39 is 14.9 Å². The van der Waals surface area contributed by atoms with Gasteiger partial charge in [0.2, 0.25) is 10.0 Å². The normalized spacial score (nSPS) is 11.3. The molecule has 0 aromatic heterocycles. The summed E-state index contributed by atoms with van der Waals surface area (Å²) in [5.74, 6) is -0.363. The van der Waals surface area contributed by atoms with Crippen LogP contribution in [0.5, 0.6) is 0 Å². The lowest BCUT2D eigenvalue weighted by Gasteiger charge is -2.18. The quantitative estimate of drug-likeness (QED) is 0.323. The fraction of sp³-hybridized carbons (Fsp3) is 0.316. The van der Waals surface area contributed by atoms with Crippen molar-refractivity contribution in [3.05, 3.63) is 63.2 Å². The van der Waals surface area contributed by atoms with Gasteiger partial charge >= 0.3 is 0 Å². The molecule has 162 valence electrons. The van der Waals surface area contributed by atoms with Crippen molar-refractivity contribution in [2.45, 2.75) is 18.7 Å². The molecular formula is C19H23ClN4O5S. The summed E-state index contributed by atoms with van der Waals surface area (Å²) in [7, 11) is -3.81. The molecule has 0 atom stereocenters. The zero-order valence-corrected chi connectivity index (χ0v) is 18.2. The Bertz CT molecular complexity index is 1030. The molecule has 0 saturated carbocycles. The van der Waals surface area contributed by atoms with Gasteiger partial charge in [-0.2, -0.15) is 4.31 Å². The van der Waals surface area contributed by atoms with Crippen LogP contribution in [0.4, 0.5) is 11.4 Å². The summed E-state index contributed by atoms with van der Waals surface area (Å²) in [6.45, 7) is 4.29. The molecule has 2 aromatic rings. The van der Waals surface area contributed by atoms with Crippen LogP contribution in [0.2, 0.25) is 5.02 Å². The zero-order chi connectivity index (χ0) is 22.3. The molecule has 0 spiro atoms. The van der Waals surface area contributed by atoms with E-state index in [0.717, 1.165) is 6.07 Å². The molecule has 30 heavy (non-hydrogen) atoms. The average Bonchev–Trinajstić information content (AvgIpc) is 2.71. The number of benzene rings is 2. The molecule has 0 saturated heterocycles. The van der Waals surface area contributed by atoms with Crippen molar-refractivity contribution in [3.8, 4) is 0 Å². The fourth-order valence-corrected chi connectivity index (χ4v) is 4.50. The van der Waals surface area contributed by atoms with Gasteiger partial charge in [-0.05, 0) is 24.3 Å². The van der Waals surface area contributed by atoms with Crippen LogP contribution in [0.25, 0.3) is 0 Å². The maximum absolute atomic E-state index is 12.6. The SMILES string of the molecule is CCN(CC)S(=O)(=O)c1ccc(NCCNC(=O)c2ccccc2Cl)c([N+](=O)[O-])c1. The fourth-order valence-electron chi connectivity index (χ4n) is 2.80. The summed E-state index contributed by atoms with van der Waals surface area (Å²) in [5.41, 5.74) is 0.127. The minimum absolute atomic E-state index is 0.143. The zero-order valence-electron chi connectivity index (χ0n) is 16.6. The smallest absolute Gasteiger partial charge is 0.293 e. The predicted molar refractivity (Wildman–Crippen MR) is 115 cm³/mol. The maximum Gasteiger partial charge on any atom is 0.293 e. The van der Waals surface area contributed by atoms with Gasteiger partial charge in [0.15, 0.2) is 0 Å². The first-order valence-electron chi connectivity index (χ1n) is 9.27. The van der Waals surface area contributed by atoms with Crippen LogP contribution >= 0.6 is 11.6 Å². The first kappa shape index (κ1) is 23.6. The van der Waals surface area contributed by atoms with Gasteiger partial charge < -0.3 is 10.6 Å². The lowest BCUT2D eigenvalue weighted by molar-refractivity contribution is -0.384. The van der Waals surface area contributed by atoms with Crippen LogP contribution in [0, 0.1) is 10.1 Å². The summed E-state index contributed by atoms with van der Waals surface area (Å²) in [5, 5.41) is 17.3. The highest BCUT2D eigenvalue weighted by Gasteiger charge is 2.25. The maximum atomic E-state index is 12.6. The molecule has 9 nitrogen and oxygen atoms in total. The molecule has 2 N–H and O–H groups in total. The topological polar surface area (TPSA) is 122 Å². The second kappa shape index (κ2) is 10.4. The van der Waals surface area contributed by atoms with Gasteiger partial charge in [0, 0.05) is 32.2 Å². The largest absolute Gasteiger partial charge is 0.378 e. The van der Waals surface area contributed by atoms with Crippen LogP contribution in [0.1, 0.15) is 24.2 Å². The van der Waals surface area contributed by atoms with Crippen molar-refractivity contribution in [1.29, 1.82) is 0 Å². The molecular weight excluding hydrogens is 432 g/mol. The molecule has 0 aliphatic heterocycles. The number of sulfonamides is 1. The number of amides is 1. The van der Waals surface area contributed by atoms with Crippen LogP contribution in [-0.4, -0.2) is 49.7 Å². The summed E-state index contributed by atoms with van der Waals surface area (Å²) in [6, 6.07) is 10.3. The van der Waals surface area contributed by atoms with Crippen molar-refractivity contribution in [3.63, 3.8) is 0 Å². The van der Waals surface area contributed by atoms with E-state index in [9.17, 15) is 23.3 Å². The van der Waals surface area contributed by atoms with E-state index in [1.54, 1.807) is 38.1 Å². The second-order valence-corrected chi connectivity index (χ2v) is 8.53. The van der Waals surface area contributed by atoms with Crippen LogP contribution in [0.3, 0.4) is 0 Å². The van der Waals surface area contributed by atoms with Gasteiger partial charge in [-0.1, -0.05) is 37.6 Å².